The molecule has 0 fully saturated rings. The van der Waals surface area contributed by atoms with Gasteiger partial charge in [0.2, 0.25) is 0 Å². The molecule has 4 rings (SSSR count). The first-order valence-corrected chi connectivity index (χ1v) is 11.0. The van der Waals surface area contributed by atoms with E-state index in [1.165, 1.54) is 12.3 Å². The van der Waals surface area contributed by atoms with Gasteiger partial charge in [-0.1, -0.05) is 57.9 Å². The molecular formula is C24H18BrClN4O3. The zero-order valence-corrected chi connectivity index (χ0v) is 19.5. The normalized spacial score (nSPS) is 11.0. The van der Waals surface area contributed by atoms with Crippen molar-refractivity contribution in [1.82, 2.24) is 15.6 Å². The third kappa shape index (κ3) is 5.60. The summed E-state index contributed by atoms with van der Waals surface area (Å²) in [5, 5.41) is 21.3. The summed E-state index contributed by atoms with van der Waals surface area (Å²) < 4.78 is 6.75. The summed E-state index contributed by atoms with van der Waals surface area (Å²) in [5.74, 6) is 0.182. The number of ether oxygens (including phenoxy) is 1. The van der Waals surface area contributed by atoms with Crippen molar-refractivity contribution < 1.29 is 14.6 Å². The summed E-state index contributed by atoms with van der Waals surface area (Å²) in [6.45, 7) is 0.297. The third-order valence-electron chi connectivity index (χ3n) is 4.69. The highest BCUT2D eigenvalue weighted by molar-refractivity contribution is 9.10. The molecule has 0 unspecified atom stereocenters. The van der Waals surface area contributed by atoms with E-state index < -0.39 is 5.91 Å². The summed E-state index contributed by atoms with van der Waals surface area (Å²) in [6.07, 6.45) is 1.35. The predicted octanol–water partition coefficient (Wildman–Crippen LogP) is 5.54. The third-order valence-corrected chi connectivity index (χ3v) is 5.55. The van der Waals surface area contributed by atoms with Gasteiger partial charge in [0.05, 0.1) is 11.9 Å². The predicted molar refractivity (Wildman–Crippen MR) is 131 cm³/mol. The van der Waals surface area contributed by atoms with Crippen LogP contribution in [-0.2, 0) is 6.61 Å². The molecule has 7 nitrogen and oxygen atoms in total. The van der Waals surface area contributed by atoms with Crippen molar-refractivity contribution in [2.45, 2.75) is 6.61 Å². The highest BCUT2D eigenvalue weighted by atomic mass is 79.9. The lowest BCUT2D eigenvalue weighted by Gasteiger charge is -2.11. The van der Waals surface area contributed by atoms with E-state index in [-0.39, 0.29) is 11.4 Å². The van der Waals surface area contributed by atoms with Crippen LogP contribution in [0.4, 0.5) is 0 Å². The Kier molecular flexibility index (Phi) is 7.07. The molecule has 9 heteroatoms. The number of H-pyrrole nitrogens is 1. The Labute approximate surface area is 203 Å². The molecule has 3 aromatic carbocycles. The summed E-state index contributed by atoms with van der Waals surface area (Å²) in [7, 11) is 0. The van der Waals surface area contributed by atoms with Crippen molar-refractivity contribution >= 4 is 39.7 Å². The number of rotatable bonds is 7. The monoisotopic (exact) mass is 524 g/mol. The first-order valence-electron chi connectivity index (χ1n) is 9.84. The van der Waals surface area contributed by atoms with Gasteiger partial charge in [-0.05, 0) is 42.5 Å². The quantitative estimate of drug-likeness (QED) is 0.218. The second-order valence-electron chi connectivity index (χ2n) is 6.95. The number of aromatic nitrogens is 2. The highest BCUT2D eigenvalue weighted by Gasteiger charge is 2.14. The van der Waals surface area contributed by atoms with Crippen LogP contribution in [0.15, 0.2) is 82.4 Å². The largest absolute Gasteiger partial charge is 0.507 e. The molecule has 0 radical (unpaired) electrons. The Hall–Kier alpha value is -3.62. The molecule has 0 aliphatic carbocycles. The van der Waals surface area contributed by atoms with Crippen molar-refractivity contribution in [3.63, 3.8) is 0 Å². The van der Waals surface area contributed by atoms with E-state index in [4.69, 9.17) is 16.3 Å². The Balaban J connectivity index is 1.46. The van der Waals surface area contributed by atoms with Crippen molar-refractivity contribution in [3.8, 4) is 22.8 Å². The Morgan fingerprint density at radius 1 is 1.15 bits per heavy atom. The molecule has 3 N–H and O–H groups in total. The summed E-state index contributed by atoms with van der Waals surface area (Å²) >= 11 is 9.54. The molecule has 0 saturated carbocycles. The minimum atomic E-state index is -0.478. The van der Waals surface area contributed by atoms with Crippen LogP contribution < -0.4 is 10.2 Å². The van der Waals surface area contributed by atoms with Gasteiger partial charge in [0.1, 0.15) is 23.8 Å². The number of phenols is 1. The maximum atomic E-state index is 12.5. The fourth-order valence-corrected chi connectivity index (χ4v) is 3.57. The number of halogens is 2. The van der Waals surface area contributed by atoms with E-state index in [0.29, 0.717) is 28.6 Å². The first-order chi connectivity index (χ1) is 16.0. The molecule has 1 amide bonds. The van der Waals surface area contributed by atoms with Crippen LogP contribution in [0.25, 0.3) is 11.3 Å². The van der Waals surface area contributed by atoms with Crippen LogP contribution in [0.5, 0.6) is 11.5 Å². The molecule has 0 atom stereocenters. The van der Waals surface area contributed by atoms with Crippen molar-refractivity contribution in [3.05, 3.63) is 99.1 Å². The van der Waals surface area contributed by atoms with Crippen LogP contribution in [0.3, 0.4) is 0 Å². The van der Waals surface area contributed by atoms with Gasteiger partial charge in [0.15, 0.2) is 0 Å². The van der Waals surface area contributed by atoms with Gasteiger partial charge in [0.25, 0.3) is 5.91 Å². The molecule has 0 saturated heterocycles. The van der Waals surface area contributed by atoms with E-state index >= 15 is 0 Å². The maximum Gasteiger partial charge on any atom is 0.289 e. The molecule has 0 aliphatic heterocycles. The molecule has 1 heterocycles. The number of aromatic amines is 1. The molecular weight excluding hydrogens is 508 g/mol. The SMILES string of the molecule is O=C(N/N=C/c1cc(Br)ccc1O)c1cc(-c2ccccc2OCc2ccccc2Cl)n[nH]1. The number of carbonyl (C=O) groups is 1. The standard InChI is InChI=1S/C24H18BrClN4O3/c25-17-9-10-22(31)16(11-17)13-27-30-24(32)21-12-20(28-29-21)18-6-2-4-8-23(18)33-14-15-5-1-3-7-19(15)26/h1-13,31H,14H2,(H,28,29)(H,30,32)/b27-13+. The average Bonchev–Trinajstić information content (AvgIpc) is 3.31. The number of nitrogens with one attached hydrogen (secondary N) is 2. The van der Waals surface area contributed by atoms with Crippen LogP contribution in [-0.4, -0.2) is 27.4 Å². The molecule has 0 spiro atoms. The van der Waals surface area contributed by atoms with Crippen molar-refractivity contribution in [1.29, 1.82) is 0 Å². The molecule has 33 heavy (non-hydrogen) atoms. The average molecular weight is 526 g/mol. The summed E-state index contributed by atoms with van der Waals surface area (Å²) in [4.78, 5) is 12.5. The first kappa shape index (κ1) is 22.6. The van der Waals surface area contributed by atoms with E-state index in [2.05, 4.69) is 36.7 Å². The number of hydrazone groups is 1. The van der Waals surface area contributed by atoms with E-state index in [9.17, 15) is 9.90 Å². The number of para-hydroxylation sites is 1. The zero-order chi connectivity index (χ0) is 23.2. The van der Waals surface area contributed by atoms with Crippen LogP contribution in [0.2, 0.25) is 5.02 Å². The molecule has 1 aromatic heterocycles. The van der Waals surface area contributed by atoms with Crippen molar-refractivity contribution in [2.75, 3.05) is 0 Å². The number of phenolic OH excluding ortho intramolecular Hbond substituents is 1. The number of benzene rings is 3. The molecule has 0 aliphatic rings. The zero-order valence-electron chi connectivity index (χ0n) is 17.1. The fourth-order valence-electron chi connectivity index (χ4n) is 3.00. The Morgan fingerprint density at radius 3 is 2.79 bits per heavy atom. The molecule has 166 valence electrons. The van der Waals surface area contributed by atoms with Crippen molar-refractivity contribution in [2.24, 2.45) is 5.10 Å². The number of hydrogen-bond acceptors (Lipinski definition) is 5. The van der Waals surface area contributed by atoms with E-state index in [1.54, 1.807) is 18.2 Å². The van der Waals surface area contributed by atoms with Gasteiger partial charge in [-0.15, -0.1) is 0 Å². The number of carbonyl (C=O) groups excluding carboxylic acids is 1. The van der Waals surface area contributed by atoms with Gasteiger partial charge < -0.3 is 9.84 Å². The van der Waals surface area contributed by atoms with Crippen LogP contribution >= 0.6 is 27.5 Å². The smallest absolute Gasteiger partial charge is 0.289 e. The van der Waals surface area contributed by atoms with E-state index in [1.807, 2.05) is 48.5 Å². The number of amides is 1. The van der Waals surface area contributed by atoms with E-state index in [0.717, 1.165) is 15.6 Å². The number of aromatic hydroxyl groups is 1. The topological polar surface area (TPSA) is 99.6 Å². The number of hydrogen-bond donors (Lipinski definition) is 3. The minimum absolute atomic E-state index is 0.0495. The summed E-state index contributed by atoms with van der Waals surface area (Å²) in [6, 6.07) is 21.4. The lowest BCUT2D eigenvalue weighted by atomic mass is 10.1. The Bertz CT molecular complexity index is 1320. The molecule has 0 bridgehead atoms. The van der Waals surface area contributed by atoms with Gasteiger partial charge >= 0.3 is 0 Å². The second-order valence-corrected chi connectivity index (χ2v) is 8.27. The summed E-state index contributed by atoms with van der Waals surface area (Å²) in [5.41, 5.74) is 5.23. The second kappa shape index (κ2) is 10.3. The van der Waals surface area contributed by atoms with Gasteiger partial charge in [0, 0.05) is 26.2 Å². The lowest BCUT2D eigenvalue weighted by Crippen LogP contribution is -2.18. The number of nitrogens with zero attached hydrogens (tertiary/aromatic N) is 2. The maximum absolute atomic E-state index is 12.5. The Morgan fingerprint density at radius 2 is 1.94 bits per heavy atom. The highest BCUT2D eigenvalue weighted by Crippen LogP contribution is 2.30. The van der Waals surface area contributed by atoms with Gasteiger partial charge in [-0.3, -0.25) is 9.89 Å². The van der Waals surface area contributed by atoms with Crippen LogP contribution in [0, 0.1) is 0 Å². The van der Waals surface area contributed by atoms with Gasteiger partial charge in [-0.25, -0.2) is 5.43 Å². The van der Waals surface area contributed by atoms with Gasteiger partial charge in [-0.2, -0.15) is 10.2 Å². The molecule has 4 aromatic rings. The minimum Gasteiger partial charge on any atom is -0.507 e. The fraction of sp³-hybridized carbons (Fsp3) is 0.0417. The van der Waals surface area contributed by atoms with Crippen LogP contribution in [0.1, 0.15) is 21.6 Å². The lowest BCUT2D eigenvalue weighted by molar-refractivity contribution is 0.0950.